The fourth-order valence-electron chi connectivity index (χ4n) is 2.30. The van der Waals surface area contributed by atoms with Gasteiger partial charge in [-0.05, 0) is 37.3 Å². The number of aryl methyl sites for hydroxylation is 1. The number of aromatic nitrogens is 1. The molecule has 0 radical (unpaired) electrons. The molecule has 0 aliphatic heterocycles. The van der Waals surface area contributed by atoms with Gasteiger partial charge in [-0.2, -0.15) is 0 Å². The van der Waals surface area contributed by atoms with Gasteiger partial charge in [0.05, 0.1) is 10.4 Å². The van der Waals surface area contributed by atoms with Gasteiger partial charge in [0.25, 0.3) is 11.6 Å². The van der Waals surface area contributed by atoms with Crippen molar-refractivity contribution in [2.75, 3.05) is 5.32 Å². The van der Waals surface area contributed by atoms with Crippen molar-refractivity contribution in [3.8, 4) is 0 Å². The van der Waals surface area contributed by atoms with Crippen molar-refractivity contribution in [1.82, 2.24) is 4.98 Å². The van der Waals surface area contributed by atoms with Crippen LogP contribution in [0, 0.1) is 17.0 Å². The molecule has 0 aliphatic rings. The average Bonchev–Trinajstić information content (AvgIpc) is 2.55. The number of amides is 1. The molecule has 0 fully saturated rings. The van der Waals surface area contributed by atoms with E-state index in [1.165, 1.54) is 6.07 Å². The molecule has 3 rings (SSSR count). The van der Waals surface area contributed by atoms with Crippen LogP contribution in [0.25, 0.3) is 10.9 Å². The number of pyridine rings is 1. The summed E-state index contributed by atoms with van der Waals surface area (Å²) in [5, 5.41) is 14.5. The number of hydrogen-bond donors (Lipinski definition) is 1. The second-order valence-corrected chi connectivity index (χ2v) is 5.12. The lowest BCUT2D eigenvalue weighted by molar-refractivity contribution is -0.385. The topological polar surface area (TPSA) is 85.1 Å². The first-order valence-electron chi connectivity index (χ1n) is 6.96. The number of rotatable bonds is 3. The molecule has 1 heterocycles. The summed E-state index contributed by atoms with van der Waals surface area (Å²) in [7, 11) is 0. The first-order chi connectivity index (χ1) is 11.0. The highest BCUT2D eigenvalue weighted by Crippen LogP contribution is 2.23. The van der Waals surface area contributed by atoms with Crippen LogP contribution in [0.4, 0.5) is 11.4 Å². The van der Waals surface area contributed by atoms with Gasteiger partial charge in [0, 0.05) is 34.5 Å². The van der Waals surface area contributed by atoms with Gasteiger partial charge >= 0.3 is 0 Å². The molecule has 0 aliphatic carbocycles. The highest BCUT2D eigenvalue weighted by molar-refractivity contribution is 6.06. The molecule has 114 valence electrons. The van der Waals surface area contributed by atoms with E-state index >= 15 is 0 Å². The first kappa shape index (κ1) is 14.6. The van der Waals surface area contributed by atoms with E-state index in [2.05, 4.69) is 10.3 Å². The van der Waals surface area contributed by atoms with Crippen molar-refractivity contribution in [2.45, 2.75) is 6.92 Å². The Labute approximate surface area is 131 Å². The van der Waals surface area contributed by atoms with Gasteiger partial charge in [-0.3, -0.25) is 19.9 Å². The zero-order valence-electron chi connectivity index (χ0n) is 12.3. The molecule has 0 spiro atoms. The molecule has 1 aromatic heterocycles. The quantitative estimate of drug-likeness (QED) is 0.590. The average molecular weight is 307 g/mol. The summed E-state index contributed by atoms with van der Waals surface area (Å²) in [4.78, 5) is 27.0. The molecule has 6 nitrogen and oxygen atoms in total. The minimum absolute atomic E-state index is 0.0227. The molecule has 0 atom stereocenters. The van der Waals surface area contributed by atoms with Crippen molar-refractivity contribution in [1.29, 1.82) is 0 Å². The molecule has 2 aromatic carbocycles. The number of fused-ring (bicyclic) bond motifs is 1. The van der Waals surface area contributed by atoms with Crippen LogP contribution < -0.4 is 5.32 Å². The van der Waals surface area contributed by atoms with Crippen LogP contribution in [-0.2, 0) is 0 Å². The highest BCUT2D eigenvalue weighted by atomic mass is 16.6. The lowest BCUT2D eigenvalue weighted by Gasteiger charge is -2.07. The van der Waals surface area contributed by atoms with Crippen LogP contribution in [0.5, 0.6) is 0 Å². The highest BCUT2D eigenvalue weighted by Gasteiger charge is 2.13. The van der Waals surface area contributed by atoms with Gasteiger partial charge < -0.3 is 5.32 Å². The number of nitrogens with zero attached hydrogens (tertiary/aromatic N) is 2. The molecule has 3 aromatic rings. The number of carbonyl (C=O) groups excluding carboxylic acids is 1. The zero-order chi connectivity index (χ0) is 16.4. The van der Waals surface area contributed by atoms with E-state index in [9.17, 15) is 14.9 Å². The van der Waals surface area contributed by atoms with Crippen molar-refractivity contribution in [2.24, 2.45) is 0 Å². The summed E-state index contributed by atoms with van der Waals surface area (Å²) in [5.74, 6) is -0.325. The number of nitrogens with one attached hydrogen (secondary N) is 1. The predicted molar refractivity (Wildman–Crippen MR) is 87.5 cm³/mol. The van der Waals surface area contributed by atoms with E-state index in [1.54, 1.807) is 49.5 Å². The molecule has 0 unspecified atom stereocenters. The Morgan fingerprint density at radius 1 is 1.17 bits per heavy atom. The fourth-order valence-corrected chi connectivity index (χ4v) is 2.30. The summed E-state index contributed by atoms with van der Waals surface area (Å²) in [5.41, 5.74) is 2.18. The van der Waals surface area contributed by atoms with Crippen molar-refractivity contribution in [3.05, 3.63) is 76.0 Å². The molecule has 0 bridgehead atoms. The Kier molecular flexibility index (Phi) is 3.72. The Hall–Kier alpha value is -3.28. The maximum atomic E-state index is 12.3. The van der Waals surface area contributed by atoms with E-state index in [0.29, 0.717) is 16.8 Å². The maximum Gasteiger partial charge on any atom is 0.274 e. The third-order valence-corrected chi connectivity index (χ3v) is 3.53. The first-order valence-corrected chi connectivity index (χ1v) is 6.96. The standard InChI is InChI=1S/C17H13N3O3/c1-11-4-6-14(10-16(11)20(22)23)19-17(21)13-5-7-15-12(9-13)3-2-8-18-15/h2-10H,1H3,(H,19,21). The normalized spacial score (nSPS) is 10.5. The van der Waals surface area contributed by atoms with Crippen LogP contribution in [0.15, 0.2) is 54.7 Å². The van der Waals surface area contributed by atoms with Crippen molar-refractivity contribution < 1.29 is 9.72 Å². The molecule has 1 amide bonds. The third kappa shape index (κ3) is 3.01. The molecule has 1 N–H and O–H groups in total. The summed E-state index contributed by atoms with van der Waals surface area (Å²) < 4.78 is 0. The minimum atomic E-state index is -0.466. The SMILES string of the molecule is Cc1ccc(NC(=O)c2ccc3ncccc3c2)cc1[N+](=O)[O-]. The van der Waals surface area contributed by atoms with E-state index in [-0.39, 0.29) is 11.6 Å². The Bertz CT molecular complexity index is 922. The lowest BCUT2D eigenvalue weighted by Crippen LogP contribution is -2.12. The van der Waals surface area contributed by atoms with Gasteiger partial charge in [-0.1, -0.05) is 12.1 Å². The molecule has 0 saturated heterocycles. The second-order valence-electron chi connectivity index (χ2n) is 5.12. The summed E-state index contributed by atoms with van der Waals surface area (Å²) in [6.45, 7) is 1.65. The van der Waals surface area contributed by atoms with Gasteiger partial charge in [-0.15, -0.1) is 0 Å². The van der Waals surface area contributed by atoms with Gasteiger partial charge in [0.2, 0.25) is 0 Å². The molecule has 0 saturated carbocycles. The molecular formula is C17H13N3O3. The lowest BCUT2D eigenvalue weighted by atomic mass is 10.1. The van der Waals surface area contributed by atoms with Gasteiger partial charge in [0.15, 0.2) is 0 Å². The predicted octanol–water partition coefficient (Wildman–Crippen LogP) is 3.70. The summed E-state index contributed by atoms with van der Waals surface area (Å²) >= 11 is 0. The second kappa shape index (κ2) is 5.84. The Morgan fingerprint density at radius 2 is 2.00 bits per heavy atom. The number of carbonyl (C=O) groups is 1. The van der Waals surface area contributed by atoms with E-state index in [0.717, 1.165) is 10.9 Å². The number of nitro groups is 1. The summed E-state index contributed by atoms with van der Waals surface area (Å²) in [6, 6.07) is 13.5. The van der Waals surface area contributed by atoms with Crippen LogP contribution in [0.2, 0.25) is 0 Å². The van der Waals surface area contributed by atoms with Gasteiger partial charge in [-0.25, -0.2) is 0 Å². The smallest absolute Gasteiger partial charge is 0.274 e. The number of anilines is 1. The third-order valence-electron chi connectivity index (χ3n) is 3.53. The van der Waals surface area contributed by atoms with Crippen molar-refractivity contribution in [3.63, 3.8) is 0 Å². The van der Waals surface area contributed by atoms with Crippen LogP contribution >= 0.6 is 0 Å². The van der Waals surface area contributed by atoms with Gasteiger partial charge in [0.1, 0.15) is 0 Å². The number of benzene rings is 2. The Balaban J connectivity index is 1.88. The summed E-state index contributed by atoms with van der Waals surface area (Å²) in [6.07, 6.45) is 1.69. The Morgan fingerprint density at radius 3 is 2.78 bits per heavy atom. The number of hydrogen-bond acceptors (Lipinski definition) is 4. The van der Waals surface area contributed by atoms with Crippen LogP contribution in [0.3, 0.4) is 0 Å². The number of nitro benzene ring substituents is 1. The fraction of sp³-hybridized carbons (Fsp3) is 0.0588. The van der Waals surface area contributed by atoms with Crippen LogP contribution in [0.1, 0.15) is 15.9 Å². The monoisotopic (exact) mass is 307 g/mol. The molecular weight excluding hydrogens is 294 g/mol. The van der Waals surface area contributed by atoms with E-state index in [1.807, 2.05) is 6.07 Å². The maximum absolute atomic E-state index is 12.3. The minimum Gasteiger partial charge on any atom is -0.322 e. The zero-order valence-corrected chi connectivity index (χ0v) is 12.3. The van der Waals surface area contributed by atoms with E-state index in [4.69, 9.17) is 0 Å². The molecule has 6 heteroatoms. The largest absolute Gasteiger partial charge is 0.322 e. The van der Waals surface area contributed by atoms with Crippen LogP contribution in [-0.4, -0.2) is 15.8 Å². The van der Waals surface area contributed by atoms with E-state index < -0.39 is 4.92 Å². The molecule has 23 heavy (non-hydrogen) atoms. The van der Waals surface area contributed by atoms with Crippen molar-refractivity contribution >= 4 is 28.2 Å².